The summed E-state index contributed by atoms with van der Waals surface area (Å²) in [5.41, 5.74) is 0. The summed E-state index contributed by atoms with van der Waals surface area (Å²) >= 11 is 0. The van der Waals surface area contributed by atoms with E-state index in [-0.39, 0.29) is 82.3 Å². The van der Waals surface area contributed by atoms with Gasteiger partial charge in [-0.25, -0.2) is 0 Å². The van der Waals surface area contributed by atoms with Crippen molar-refractivity contribution in [1.29, 1.82) is 0 Å². The van der Waals surface area contributed by atoms with Crippen LogP contribution >= 0.6 is 0 Å². The zero-order valence-corrected chi connectivity index (χ0v) is 12.8. The van der Waals surface area contributed by atoms with Crippen molar-refractivity contribution in [1.82, 2.24) is 0 Å². The van der Waals surface area contributed by atoms with Gasteiger partial charge in [0.05, 0.1) is 0 Å². The molecule has 3 heteroatoms. The van der Waals surface area contributed by atoms with Crippen LogP contribution in [0, 0.1) is 0 Å². The largest absolute Gasteiger partial charge is 0.0776 e. The van der Waals surface area contributed by atoms with Gasteiger partial charge in [-0.05, 0) is 0 Å². The first-order valence-corrected chi connectivity index (χ1v) is 1.41. The molecule has 0 amide bonds. The van der Waals surface area contributed by atoms with Crippen LogP contribution in [-0.4, -0.2) is 0 Å². The van der Waals surface area contributed by atoms with Crippen molar-refractivity contribution in [3.8, 4) is 0 Å². The van der Waals surface area contributed by atoms with Gasteiger partial charge >= 0.3 is 0 Å². The zero-order chi connectivity index (χ0) is 2.71. The predicted octanol–water partition coefficient (Wildman–Crippen LogP) is 2.04. The van der Waals surface area contributed by atoms with Gasteiger partial charge in [-0.3, -0.25) is 0 Å². The summed E-state index contributed by atoms with van der Waals surface area (Å²) in [4.78, 5) is 0. The Labute approximate surface area is 101 Å². The summed E-state index contributed by atoms with van der Waals surface area (Å²) in [5.74, 6) is 0. The van der Waals surface area contributed by atoms with Gasteiger partial charge < -0.3 is 0 Å². The van der Waals surface area contributed by atoms with Crippen LogP contribution in [0.25, 0.3) is 0 Å². The molecule has 0 aromatic carbocycles. The Kier molecular flexibility index (Phi) is 190. The van der Waals surface area contributed by atoms with E-state index in [1.807, 2.05) is 0 Å². The Morgan fingerprint density at radius 3 is 1.00 bits per heavy atom. The molecule has 0 aliphatic carbocycles. The van der Waals surface area contributed by atoms with Crippen LogP contribution in [0.2, 0.25) is 0 Å². The third-order valence-electron chi connectivity index (χ3n) is 0. The molecule has 0 atom stereocenters. The standard InChI is InChI=1S/C3H8.CH4.2W.Y/c1-3-2;;;;/h3H2,1-2H3;1H4;;;. The normalized spacial score (nSPS) is 2.57. The van der Waals surface area contributed by atoms with Crippen LogP contribution in [0.1, 0.15) is 27.7 Å². The monoisotopic (exact) mass is 517 g/mol. The van der Waals surface area contributed by atoms with Crippen LogP contribution in [0.3, 0.4) is 0 Å². The second kappa shape index (κ2) is 39.2. The van der Waals surface area contributed by atoms with Gasteiger partial charge in [0.25, 0.3) is 0 Å². The Morgan fingerprint density at radius 2 is 1.00 bits per heavy atom. The van der Waals surface area contributed by atoms with Gasteiger partial charge in [-0.2, -0.15) is 0 Å². The minimum atomic E-state index is 0. The molecule has 0 aromatic rings. The molecule has 0 saturated heterocycles. The first-order chi connectivity index (χ1) is 1.41. The molecule has 0 N–H and O–H groups in total. The van der Waals surface area contributed by atoms with E-state index >= 15 is 0 Å². The minimum absolute atomic E-state index is 0. The van der Waals surface area contributed by atoms with E-state index in [1.54, 1.807) is 0 Å². The topological polar surface area (TPSA) is 0 Å². The zero-order valence-electron chi connectivity index (χ0n) is 4.10. The fourth-order valence-electron chi connectivity index (χ4n) is 0. The maximum Gasteiger partial charge on any atom is 0 e. The summed E-state index contributed by atoms with van der Waals surface area (Å²) in [5, 5.41) is 0. The molecule has 7 heavy (non-hydrogen) atoms. The van der Waals surface area contributed by atoms with Crippen molar-refractivity contribution >= 4 is 0 Å². The molecule has 0 bridgehead atoms. The first kappa shape index (κ1) is 34.0. The fraction of sp³-hybridized carbons (Fsp3) is 1.00. The molecule has 43 valence electrons. The van der Waals surface area contributed by atoms with Crippen molar-refractivity contribution in [3.05, 3.63) is 0 Å². The van der Waals surface area contributed by atoms with Gasteiger partial charge in [0.2, 0.25) is 0 Å². The predicted molar refractivity (Wildman–Crippen MR) is 22.7 cm³/mol. The molecule has 0 spiro atoms. The fourth-order valence-corrected chi connectivity index (χ4v) is 0. The Balaban J connectivity index is -0.00000000333. The minimum Gasteiger partial charge on any atom is -0.0776 e. The molecule has 0 nitrogen and oxygen atoms in total. The van der Waals surface area contributed by atoms with Crippen LogP contribution in [0.5, 0.6) is 0 Å². The molecule has 0 unspecified atom stereocenters. The SMILES string of the molecule is C.CCC.[W].[W].[Y]. The second-order valence-corrected chi connectivity index (χ2v) is 0.707. The third kappa shape index (κ3) is 57.9. The van der Waals surface area contributed by atoms with Crippen LogP contribution in [0.4, 0.5) is 0 Å². The van der Waals surface area contributed by atoms with Crippen LogP contribution in [-0.2, 0) is 74.8 Å². The smallest absolute Gasteiger partial charge is 0 e. The van der Waals surface area contributed by atoms with Gasteiger partial charge in [0.15, 0.2) is 0 Å². The molecule has 1 radical (unpaired) electrons. The average molecular weight is 517 g/mol. The molecule has 0 aliphatic heterocycles. The van der Waals surface area contributed by atoms with E-state index < -0.39 is 0 Å². The summed E-state index contributed by atoms with van der Waals surface area (Å²) in [6, 6.07) is 0. The molecule has 0 rings (SSSR count). The Morgan fingerprint density at radius 1 is 1.00 bits per heavy atom. The van der Waals surface area contributed by atoms with Crippen molar-refractivity contribution < 1.29 is 74.8 Å². The van der Waals surface area contributed by atoms with Gasteiger partial charge in [-0.15, -0.1) is 0 Å². The molecule has 0 aliphatic rings. The Bertz CT molecular complexity index is 9.65. The quantitative estimate of drug-likeness (QED) is 0.463. The average Bonchev–Trinajstić information content (AvgIpc) is 0.918. The van der Waals surface area contributed by atoms with Crippen molar-refractivity contribution in [3.63, 3.8) is 0 Å². The van der Waals surface area contributed by atoms with Crippen LogP contribution < -0.4 is 0 Å². The summed E-state index contributed by atoms with van der Waals surface area (Å²) < 4.78 is 0. The van der Waals surface area contributed by atoms with E-state index in [0.717, 1.165) is 0 Å². The summed E-state index contributed by atoms with van der Waals surface area (Å²) in [6.07, 6.45) is 1.25. The molecule has 0 saturated carbocycles. The molecule has 0 aromatic heterocycles. The maximum absolute atomic E-state index is 2.12. The van der Waals surface area contributed by atoms with Crippen LogP contribution in [0.15, 0.2) is 0 Å². The van der Waals surface area contributed by atoms with Crippen molar-refractivity contribution in [2.75, 3.05) is 0 Å². The second-order valence-electron chi connectivity index (χ2n) is 0.707. The molecular weight excluding hydrogens is 505 g/mol. The van der Waals surface area contributed by atoms with Gasteiger partial charge in [0.1, 0.15) is 0 Å². The summed E-state index contributed by atoms with van der Waals surface area (Å²) in [6.45, 7) is 4.25. The maximum atomic E-state index is 2.12. The van der Waals surface area contributed by atoms with Gasteiger partial charge in [-0.1, -0.05) is 27.7 Å². The van der Waals surface area contributed by atoms with Crippen molar-refractivity contribution in [2.24, 2.45) is 0 Å². The Hall–Kier alpha value is 2.48. The van der Waals surface area contributed by atoms with E-state index in [1.165, 1.54) is 6.42 Å². The molecule has 0 heterocycles. The molecule has 0 fully saturated rings. The first-order valence-electron chi connectivity index (χ1n) is 1.41. The van der Waals surface area contributed by atoms with Crippen molar-refractivity contribution in [2.45, 2.75) is 27.7 Å². The number of rotatable bonds is 0. The third-order valence-corrected chi connectivity index (χ3v) is 0. The van der Waals surface area contributed by atoms with E-state index in [2.05, 4.69) is 13.8 Å². The van der Waals surface area contributed by atoms with Gasteiger partial charge in [0, 0.05) is 74.8 Å². The van der Waals surface area contributed by atoms with E-state index in [4.69, 9.17) is 0 Å². The number of hydrogen-bond donors (Lipinski definition) is 0. The summed E-state index contributed by atoms with van der Waals surface area (Å²) in [7, 11) is 0. The molecular formula is C4H12W2Y. The number of hydrogen-bond acceptors (Lipinski definition) is 0. The van der Waals surface area contributed by atoms with E-state index in [9.17, 15) is 0 Å². The van der Waals surface area contributed by atoms with E-state index in [0.29, 0.717) is 0 Å².